The molecule has 0 saturated carbocycles. The Morgan fingerprint density at radius 3 is 2.79 bits per heavy atom. The van der Waals surface area contributed by atoms with E-state index in [1.54, 1.807) is 19.2 Å². The molecule has 1 unspecified atom stereocenters. The normalized spacial score (nSPS) is 12.8. The third-order valence-corrected chi connectivity index (χ3v) is 3.35. The van der Waals surface area contributed by atoms with E-state index in [0.717, 1.165) is 16.5 Å². The Kier molecular flexibility index (Phi) is 3.01. The highest BCUT2D eigenvalue weighted by Crippen LogP contribution is 2.33. The summed E-state index contributed by atoms with van der Waals surface area (Å²) in [6.45, 7) is 1.67. The molecule has 0 bridgehead atoms. The molecule has 0 aliphatic carbocycles. The standard InChI is InChI=1S/C15H12ClNO2/c1-9(18)13-6-7-14(19-13)11-4-5-12(16)10-3-2-8-17-15(10)11/h2-9,18H,1H3. The molecule has 96 valence electrons. The molecular formula is C15H12ClNO2. The average Bonchev–Trinajstić information content (AvgIpc) is 2.89. The van der Waals surface area contributed by atoms with Crippen LogP contribution >= 0.6 is 11.6 Å². The predicted octanol–water partition coefficient (Wildman–Crippen LogP) is 4.20. The number of aliphatic hydroxyl groups is 1. The van der Waals surface area contributed by atoms with Gasteiger partial charge in [-0.3, -0.25) is 4.98 Å². The van der Waals surface area contributed by atoms with Crippen LogP contribution < -0.4 is 0 Å². The zero-order valence-corrected chi connectivity index (χ0v) is 11.1. The Balaban J connectivity index is 2.22. The van der Waals surface area contributed by atoms with Gasteiger partial charge in [-0.25, -0.2) is 0 Å². The minimum atomic E-state index is -0.625. The van der Waals surface area contributed by atoms with Crippen LogP contribution in [0.3, 0.4) is 0 Å². The Hall–Kier alpha value is -1.84. The molecule has 0 aliphatic rings. The second-order valence-electron chi connectivity index (χ2n) is 4.37. The summed E-state index contributed by atoms with van der Waals surface area (Å²) in [5.74, 6) is 1.21. The van der Waals surface area contributed by atoms with Crippen LogP contribution in [0.15, 0.2) is 47.0 Å². The summed E-state index contributed by atoms with van der Waals surface area (Å²) >= 11 is 6.16. The zero-order valence-electron chi connectivity index (χ0n) is 10.3. The monoisotopic (exact) mass is 273 g/mol. The van der Waals surface area contributed by atoms with Gasteiger partial charge in [-0.2, -0.15) is 0 Å². The van der Waals surface area contributed by atoms with Gasteiger partial charge >= 0.3 is 0 Å². The number of aromatic nitrogens is 1. The number of pyridine rings is 1. The number of rotatable bonds is 2. The van der Waals surface area contributed by atoms with E-state index in [1.165, 1.54) is 0 Å². The van der Waals surface area contributed by atoms with E-state index in [4.69, 9.17) is 16.0 Å². The molecule has 3 nitrogen and oxygen atoms in total. The number of hydrogen-bond donors (Lipinski definition) is 1. The summed E-state index contributed by atoms with van der Waals surface area (Å²) < 4.78 is 5.65. The Morgan fingerprint density at radius 1 is 1.21 bits per heavy atom. The lowest BCUT2D eigenvalue weighted by atomic mass is 10.1. The fourth-order valence-electron chi connectivity index (χ4n) is 2.06. The highest BCUT2D eigenvalue weighted by Gasteiger charge is 2.13. The van der Waals surface area contributed by atoms with Crippen LogP contribution in [0.2, 0.25) is 5.02 Å². The molecule has 0 amide bonds. The molecule has 19 heavy (non-hydrogen) atoms. The second kappa shape index (κ2) is 4.68. The summed E-state index contributed by atoms with van der Waals surface area (Å²) in [5, 5.41) is 11.1. The molecule has 3 aromatic rings. The highest BCUT2D eigenvalue weighted by atomic mass is 35.5. The second-order valence-corrected chi connectivity index (χ2v) is 4.78. The Labute approximate surface area is 115 Å². The van der Waals surface area contributed by atoms with Crippen molar-refractivity contribution in [2.24, 2.45) is 0 Å². The van der Waals surface area contributed by atoms with Crippen molar-refractivity contribution in [1.29, 1.82) is 0 Å². The van der Waals surface area contributed by atoms with E-state index in [9.17, 15) is 5.11 Å². The molecule has 0 spiro atoms. The molecule has 0 saturated heterocycles. The van der Waals surface area contributed by atoms with E-state index < -0.39 is 6.10 Å². The van der Waals surface area contributed by atoms with Crippen molar-refractivity contribution in [3.63, 3.8) is 0 Å². The van der Waals surface area contributed by atoms with Gasteiger partial charge in [0.2, 0.25) is 0 Å². The van der Waals surface area contributed by atoms with Crippen LogP contribution in [0.25, 0.3) is 22.2 Å². The maximum absolute atomic E-state index is 9.51. The van der Waals surface area contributed by atoms with Crippen molar-refractivity contribution in [3.05, 3.63) is 53.4 Å². The SMILES string of the molecule is CC(O)c1ccc(-c2ccc(Cl)c3cccnc23)o1. The number of benzene rings is 1. The first-order chi connectivity index (χ1) is 9.16. The number of fused-ring (bicyclic) bond motifs is 1. The number of furan rings is 1. The predicted molar refractivity (Wildman–Crippen MR) is 75.1 cm³/mol. The first-order valence-corrected chi connectivity index (χ1v) is 6.36. The van der Waals surface area contributed by atoms with Gasteiger partial charge in [0, 0.05) is 17.1 Å². The van der Waals surface area contributed by atoms with Crippen LogP contribution in [-0.2, 0) is 0 Å². The summed E-state index contributed by atoms with van der Waals surface area (Å²) in [7, 11) is 0. The van der Waals surface area contributed by atoms with Crippen molar-refractivity contribution in [1.82, 2.24) is 4.98 Å². The maximum Gasteiger partial charge on any atom is 0.136 e. The van der Waals surface area contributed by atoms with Crippen LogP contribution in [0.5, 0.6) is 0 Å². The smallest absolute Gasteiger partial charge is 0.136 e. The molecule has 0 aliphatic heterocycles. The Morgan fingerprint density at radius 2 is 2.05 bits per heavy atom. The van der Waals surface area contributed by atoms with E-state index in [0.29, 0.717) is 16.5 Å². The maximum atomic E-state index is 9.51. The van der Waals surface area contributed by atoms with E-state index >= 15 is 0 Å². The fraction of sp³-hybridized carbons (Fsp3) is 0.133. The third kappa shape index (κ3) is 2.11. The average molecular weight is 274 g/mol. The number of aliphatic hydroxyl groups excluding tert-OH is 1. The molecule has 3 rings (SSSR count). The highest BCUT2D eigenvalue weighted by molar-refractivity contribution is 6.35. The molecule has 2 heterocycles. The molecule has 2 aromatic heterocycles. The van der Waals surface area contributed by atoms with Gasteiger partial charge in [0.1, 0.15) is 17.6 Å². The fourth-order valence-corrected chi connectivity index (χ4v) is 2.27. The van der Waals surface area contributed by atoms with E-state index in [2.05, 4.69) is 4.98 Å². The number of hydrogen-bond acceptors (Lipinski definition) is 3. The molecule has 1 aromatic carbocycles. The molecule has 0 fully saturated rings. The van der Waals surface area contributed by atoms with Crippen molar-refractivity contribution in [2.45, 2.75) is 13.0 Å². The molecule has 1 N–H and O–H groups in total. The topological polar surface area (TPSA) is 46.3 Å². The molecular weight excluding hydrogens is 262 g/mol. The quantitative estimate of drug-likeness (QED) is 0.761. The van der Waals surface area contributed by atoms with Crippen molar-refractivity contribution < 1.29 is 9.52 Å². The van der Waals surface area contributed by atoms with Crippen LogP contribution in [0.4, 0.5) is 0 Å². The summed E-state index contributed by atoms with van der Waals surface area (Å²) in [6.07, 6.45) is 1.10. The lowest BCUT2D eigenvalue weighted by Gasteiger charge is -2.05. The minimum Gasteiger partial charge on any atom is -0.458 e. The third-order valence-electron chi connectivity index (χ3n) is 3.02. The largest absolute Gasteiger partial charge is 0.458 e. The first-order valence-electron chi connectivity index (χ1n) is 5.98. The molecule has 0 radical (unpaired) electrons. The van der Waals surface area contributed by atoms with Crippen molar-refractivity contribution >= 4 is 22.5 Å². The lowest BCUT2D eigenvalue weighted by molar-refractivity contribution is 0.170. The van der Waals surface area contributed by atoms with Crippen molar-refractivity contribution in [2.75, 3.05) is 0 Å². The summed E-state index contributed by atoms with van der Waals surface area (Å²) in [6, 6.07) is 11.1. The summed E-state index contributed by atoms with van der Waals surface area (Å²) in [4.78, 5) is 4.37. The van der Waals surface area contributed by atoms with Gasteiger partial charge in [0.05, 0.1) is 10.5 Å². The van der Waals surface area contributed by atoms with Gasteiger partial charge in [0.25, 0.3) is 0 Å². The van der Waals surface area contributed by atoms with E-state index in [1.807, 2.05) is 30.3 Å². The van der Waals surface area contributed by atoms with Gasteiger partial charge in [-0.1, -0.05) is 11.6 Å². The van der Waals surface area contributed by atoms with Crippen LogP contribution in [0, 0.1) is 0 Å². The summed E-state index contributed by atoms with van der Waals surface area (Å²) in [5.41, 5.74) is 1.66. The Bertz CT molecular complexity index is 734. The van der Waals surface area contributed by atoms with Crippen LogP contribution in [0.1, 0.15) is 18.8 Å². The van der Waals surface area contributed by atoms with Gasteiger partial charge in [0.15, 0.2) is 0 Å². The lowest BCUT2D eigenvalue weighted by Crippen LogP contribution is -1.86. The van der Waals surface area contributed by atoms with Crippen LogP contribution in [-0.4, -0.2) is 10.1 Å². The number of nitrogens with zero attached hydrogens (tertiary/aromatic N) is 1. The molecule has 4 heteroatoms. The molecule has 1 atom stereocenters. The van der Waals surface area contributed by atoms with Gasteiger partial charge in [-0.15, -0.1) is 0 Å². The minimum absolute atomic E-state index is 0.536. The van der Waals surface area contributed by atoms with Crippen molar-refractivity contribution in [3.8, 4) is 11.3 Å². The van der Waals surface area contributed by atoms with Gasteiger partial charge < -0.3 is 9.52 Å². The number of halogens is 1. The first kappa shape index (κ1) is 12.2. The van der Waals surface area contributed by atoms with E-state index in [-0.39, 0.29) is 0 Å². The zero-order chi connectivity index (χ0) is 13.4. The van der Waals surface area contributed by atoms with Gasteiger partial charge in [-0.05, 0) is 43.3 Å².